The summed E-state index contributed by atoms with van der Waals surface area (Å²) in [5, 5.41) is 4.18. The van der Waals surface area contributed by atoms with Crippen LogP contribution in [0.1, 0.15) is 31.5 Å². The molecule has 5 heteroatoms. The van der Waals surface area contributed by atoms with E-state index in [1.54, 1.807) is 11.8 Å². The Balaban J connectivity index is 2.49. The predicted molar refractivity (Wildman–Crippen MR) is 83.1 cm³/mol. The first-order valence-corrected chi connectivity index (χ1v) is 8.03. The van der Waals surface area contributed by atoms with Crippen LogP contribution >= 0.6 is 11.8 Å². The number of hydrogen-bond donors (Lipinski definition) is 1. The van der Waals surface area contributed by atoms with E-state index < -0.39 is 0 Å². The second-order valence-corrected chi connectivity index (χ2v) is 5.74. The molecule has 0 saturated heterocycles. The lowest BCUT2D eigenvalue weighted by Crippen LogP contribution is -2.38. The zero-order chi connectivity index (χ0) is 15.0. The van der Waals surface area contributed by atoms with Crippen molar-refractivity contribution in [2.45, 2.75) is 45.2 Å². The molecule has 1 atom stereocenters. The zero-order valence-electron chi connectivity index (χ0n) is 12.7. The summed E-state index contributed by atoms with van der Waals surface area (Å²) in [6.07, 6.45) is 0.742. The highest BCUT2D eigenvalue weighted by atomic mass is 32.2. The first-order valence-electron chi connectivity index (χ1n) is 7.05. The van der Waals surface area contributed by atoms with E-state index in [1.165, 1.54) is 5.56 Å². The van der Waals surface area contributed by atoms with E-state index in [2.05, 4.69) is 29.4 Å². The van der Waals surface area contributed by atoms with Gasteiger partial charge in [-0.2, -0.15) is 0 Å². The summed E-state index contributed by atoms with van der Waals surface area (Å²) in [6.45, 7) is 9.07. The summed E-state index contributed by atoms with van der Waals surface area (Å²) in [5.74, 6) is 0.676. The number of aryl methyl sites for hydroxylation is 2. The maximum absolute atomic E-state index is 11.8. The molecule has 0 radical (unpaired) electrons. The first kappa shape index (κ1) is 17.0. The molecule has 0 aliphatic carbocycles. The topological polar surface area (TPSA) is 51.2 Å². The molecule has 1 rings (SSSR count). The van der Waals surface area contributed by atoms with Crippen molar-refractivity contribution in [2.24, 2.45) is 0 Å². The molecule has 0 aliphatic heterocycles. The molecular weight excluding hydrogens is 272 g/mol. The Labute approximate surface area is 125 Å². The molecule has 1 N–H and O–H groups in total. The molecule has 0 aliphatic rings. The molecule has 0 aromatic carbocycles. The highest BCUT2D eigenvalue weighted by Crippen LogP contribution is 2.19. The fourth-order valence-electron chi connectivity index (χ4n) is 1.95. The van der Waals surface area contributed by atoms with Crippen LogP contribution in [0.25, 0.3) is 0 Å². The van der Waals surface area contributed by atoms with Crippen LogP contribution in [0.15, 0.2) is 17.2 Å². The van der Waals surface area contributed by atoms with Crippen molar-refractivity contribution in [3.63, 3.8) is 0 Å². The lowest BCUT2D eigenvalue weighted by atomic mass is 10.2. The smallest absolute Gasteiger partial charge is 0.323 e. The second kappa shape index (κ2) is 8.97. The molecule has 112 valence electrons. The number of carbonyl (C=O) groups excluding carboxylic acids is 1. The fourth-order valence-corrected chi connectivity index (χ4v) is 2.99. The van der Waals surface area contributed by atoms with Gasteiger partial charge in [0.2, 0.25) is 0 Å². The van der Waals surface area contributed by atoms with Crippen molar-refractivity contribution in [3.8, 4) is 0 Å². The van der Waals surface area contributed by atoms with Gasteiger partial charge in [0.1, 0.15) is 6.04 Å². The van der Waals surface area contributed by atoms with Gasteiger partial charge < -0.3 is 10.1 Å². The molecule has 0 amide bonds. The summed E-state index contributed by atoms with van der Waals surface area (Å²) in [4.78, 5) is 16.3. The van der Waals surface area contributed by atoms with Gasteiger partial charge in [0.05, 0.1) is 11.6 Å². The van der Waals surface area contributed by atoms with Crippen LogP contribution in [0, 0.1) is 13.8 Å². The summed E-state index contributed by atoms with van der Waals surface area (Å²) in [5.41, 5.74) is 2.25. The number of hydrogen-bond acceptors (Lipinski definition) is 5. The van der Waals surface area contributed by atoms with E-state index in [9.17, 15) is 4.79 Å². The van der Waals surface area contributed by atoms with Gasteiger partial charge in [-0.15, -0.1) is 11.8 Å². The number of likely N-dealkylation sites (N-methyl/N-ethyl adjacent to an activating group) is 1. The number of thioether (sulfide) groups is 1. The molecule has 1 aromatic rings. The van der Waals surface area contributed by atoms with E-state index in [1.807, 2.05) is 20.8 Å². The zero-order valence-corrected chi connectivity index (χ0v) is 13.5. The Morgan fingerprint density at radius 1 is 1.40 bits per heavy atom. The maximum Gasteiger partial charge on any atom is 0.323 e. The lowest BCUT2D eigenvalue weighted by molar-refractivity contribution is -0.145. The van der Waals surface area contributed by atoms with Crippen molar-refractivity contribution in [1.82, 2.24) is 10.3 Å². The van der Waals surface area contributed by atoms with E-state index in [4.69, 9.17) is 4.74 Å². The van der Waals surface area contributed by atoms with Crippen LogP contribution in [0.5, 0.6) is 0 Å². The van der Waals surface area contributed by atoms with Gasteiger partial charge in [-0.25, -0.2) is 4.98 Å². The Kier molecular flexibility index (Phi) is 7.62. The maximum atomic E-state index is 11.8. The van der Waals surface area contributed by atoms with Crippen molar-refractivity contribution in [2.75, 3.05) is 18.9 Å². The molecule has 1 heterocycles. The third-order valence-electron chi connectivity index (χ3n) is 2.75. The van der Waals surface area contributed by atoms with Crippen molar-refractivity contribution >= 4 is 17.7 Å². The van der Waals surface area contributed by atoms with Crippen LogP contribution in [0.2, 0.25) is 0 Å². The van der Waals surface area contributed by atoms with Gasteiger partial charge in [0, 0.05) is 11.4 Å². The van der Waals surface area contributed by atoms with Gasteiger partial charge >= 0.3 is 5.97 Å². The minimum absolute atomic E-state index is 0.164. The number of nitrogens with zero attached hydrogens (tertiary/aromatic N) is 1. The normalized spacial score (nSPS) is 12.2. The second-order valence-electron chi connectivity index (χ2n) is 4.62. The number of esters is 1. The number of pyridine rings is 1. The summed E-state index contributed by atoms with van der Waals surface area (Å²) < 4.78 is 5.07. The number of carbonyl (C=O) groups is 1. The lowest BCUT2D eigenvalue weighted by Gasteiger charge is -2.15. The van der Waals surface area contributed by atoms with Gasteiger partial charge in [-0.1, -0.05) is 6.92 Å². The fraction of sp³-hybridized carbons (Fsp3) is 0.600. The average molecular weight is 296 g/mol. The monoisotopic (exact) mass is 296 g/mol. The van der Waals surface area contributed by atoms with E-state index in [0.29, 0.717) is 6.61 Å². The van der Waals surface area contributed by atoms with E-state index in [-0.39, 0.29) is 12.0 Å². The number of aromatic nitrogens is 1. The quantitative estimate of drug-likeness (QED) is 0.590. The van der Waals surface area contributed by atoms with Crippen molar-refractivity contribution < 1.29 is 9.53 Å². The SMILES string of the molecule is CCNC(CCSc1cc(C)cc(C)n1)C(=O)OCC. The molecule has 1 aromatic heterocycles. The van der Waals surface area contributed by atoms with Crippen LogP contribution in [-0.4, -0.2) is 35.9 Å². The Morgan fingerprint density at radius 2 is 2.15 bits per heavy atom. The third kappa shape index (κ3) is 5.92. The van der Waals surface area contributed by atoms with Crippen LogP contribution < -0.4 is 5.32 Å². The molecule has 0 spiro atoms. The number of nitrogens with one attached hydrogen (secondary N) is 1. The van der Waals surface area contributed by atoms with Crippen LogP contribution in [0.3, 0.4) is 0 Å². The third-order valence-corrected chi connectivity index (χ3v) is 3.70. The molecule has 0 fully saturated rings. The van der Waals surface area contributed by atoms with Gasteiger partial charge in [-0.05, 0) is 51.4 Å². The standard InChI is InChI=1S/C15H24N2O2S/c1-5-16-13(15(18)19-6-2)7-8-20-14-10-11(3)9-12(4)17-14/h9-10,13,16H,5-8H2,1-4H3. The summed E-state index contributed by atoms with van der Waals surface area (Å²) in [7, 11) is 0. The van der Waals surface area contributed by atoms with Gasteiger partial charge in [0.15, 0.2) is 0 Å². The van der Waals surface area contributed by atoms with E-state index >= 15 is 0 Å². The Bertz CT molecular complexity index is 418. The van der Waals surface area contributed by atoms with Gasteiger partial charge in [0.25, 0.3) is 0 Å². The molecule has 0 saturated carbocycles. The summed E-state index contributed by atoms with van der Waals surface area (Å²) >= 11 is 1.68. The molecular formula is C15H24N2O2S. The van der Waals surface area contributed by atoms with Crippen molar-refractivity contribution in [1.29, 1.82) is 0 Å². The van der Waals surface area contributed by atoms with Crippen LogP contribution in [-0.2, 0) is 9.53 Å². The first-order chi connectivity index (χ1) is 9.56. The van der Waals surface area contributed by atoms with E-state index in [0.717, 1.165) is 29.4 Å². The molecule has 4 nitrogen and oxygen atoms in total. The minimum atomic E-state index is -0.224. The van der Waals surface area contributed by atoms with Crippen LogP contribution in [0.4, 0.5) is 0 Å². The number of rotatable bonds is 8. The van der Waals surface area contributed by atoms with Crippen molar-refractivity contribution in [3.05, 3.63) is 23.4 Å². The Morgan fingerprint density at radius 3 is 2.75 bits per heavy atom. The average Bonchev–Trinajstić information content (AvgIpc) is 2.37. The summed E-state index contributed by atoms with van der Waals surface area (Å²) in [6, 6.07) is 3.91. The molecule has 1 unspecified atom stereocenters. The Hall–Kier alpha value is -1.07. The highest BCUT2D eigenvalue weighted by Gasteiger charge is 2.18. The number of ether oxygens (including phenoxy) is 1. The van der Waals surface area contributed by atoms with Gasteiger partial charge in [-0.3, -0.25) is 4.79 Å². The minimum Gasteiger partial charge on any atom is -0.465 e. The highest BCUT2D eigenvalue weighted by molar-refractivity contribution is 7.99. The predicted octanol–water partition coefficient (Wildman–Crippen LogP) is 2.72. The largest absolute Gasteiger partial charge is 0.465 e. The molecule has 0 bridgehead atoms. The molecule has 20 heavy (non-hydrogen) atoms.